The van der Waals surface area contributed by atoms with Gasteiger partial charge in [0.25, 0.3) is 5.91 Å². The molecule has 2 aromatic rings. The van der Waals surface area contributed by atoms with Gasteiger partial charge in [-0.25, -0.2) is 0 Å². The van der Waals surface area contributed by atoms with E-state index in [1.165, 1.54) is 5.56 Å². The van der Waals surface area contributed by atoms with Crippen LogP contribution in [0.25, 0.3) is 0 Å². The second-order valence-corrected chi connectivity index (χ2v) is 7.65. The van der Waals surface area contributed by atoms with E-state index in [-0.39, 0.29) is 30.0 Å². The van der Waals surface area contributed by atoms with Crippen molar-refractivity contribution in [3.8, 4) is 0 Å². The van der Waals surface area contributed by atoms with E-state index in [0.717, 1.165) is 44.6 Å². The van der Waals surface area contributed by atoms with Gasteiger partial charge in [0.15, 0.2) is 0 Å². The zero-order valence-corrected chi connectivity index (χ0v) is 17.1. The molecule has 2 saturated heterocycles. The number of pyridine rings is 1. The molecule has 2 aliphatic heterocycles. The van der Waals surface area contributed by atoms with Crippen molar-refractivity contribution in [1.82, 2.24) is 9.88 Å². The molecule has 1 aromatic carbocycles. The number of morpholine rings is 1. The number of halogens is 1. The molecule has 28 heavy (non-hydrogen) atoms. The van der Waals surface area contributed by atoms with Crippen molar-refractivity contribution >= 4 is 24.0 Å². The monoisotopic (exact) mass is 401 g/mol. The molecule has 1 atom stereocenters. The van der Waals surface area contributed by atoms with E-state index in [9.17, 15) is 4.79 Å². The minimum Gasteiger partial charge on any atom is -0.360 e. The smallest absolute Gasteiger partial charge is 0.255 e. The summed E-state index contributed by atoms with van der Waals surface area (Å²) in [6, 6.07) is 14.1. The maximum Gasteiger partial charge on any atom is 0.255 e. The number of carbonyl (C=O) groups excluding carboxylic acids is 1. The van der Waals surface area contributed by atoms with Crippen molar-refractivity contribution in [3.63, 3.8) is 0 Å². The minimum absolute atomic E-state index is 0. The molecular weight excluding hydrogens is 374 g/mol. The van der Waals surface area contributed by atoms with Gasteiger partial charge in [-0.1, -0.05) is 18.2 Å². The number of ether oxygens (including phenoxy) is 1. The van der Waals surface area contributed by atoms with E-state index in [0.29, 0.717) is 6.54 Å². The third-order valence-corrected chi connectivity index (χ3v) is 5.79. The maximum atomic E-state index is 12.7. The molecule has 0 N–H and O–H groups in total. The fourth-order valence-electron chi connectivity index (χ4n) is 4.17. The summed E-state index contributed by atoms with van der Waals surface area (Å²) in [4.78, 5) is 21.2. The number of anilines is 1. The average molecular weight is 402 g/mol. The first-order chi connectivity index (χ1) is 13.2. The van der Waals surface area contributed by atoms with E-state index in [4.69, 9.17) is 4.74 Å². The van der Waals surface area contributed by atoms with Crippen molar-refractivity contribution in [2.24, 2.45) is 0 Å². The number of rotatable bonds is 4. The Morgan fingerprint density at radius 2 is 1.79 bits per heavy atom. The van der Waals surface area contributed by atoms with Crippen molar-refractivity contribution < 1.29 is 9.53 Å². The maximum absolute atomic E-state index is 12.7. The summed E-state index contributed by atoms with van der Waals surface area (Å²) in [6.45, 7) is 5.60. The highest BCUT2D eigenvalue weighted by Crippen LogP contribution is 2.34. The van der Waals surface area contributed by atoms with Crippen LogP contribution < -0.4 is 4.90 Å². The van der Waals surface area contributed by atoms with Crippen LogP contribution in [-0.2, 0) is 16.0 Å². The van der Waals surface area contributed by atoms with Crippen LogP contribution in [0.15, 0.2) is 54.9 Å². The number of carbonyl (C=O) groups is 1. The number of aromatic nitrogens is 1. The first-order valence-electron chi connectivity index (χ1n) is 9.81. The van der Waals surface area contributed by atoms with Crippen molar-refractivity contribution in [1.29, 1.82) is 0 Å². The molecule has 0 radical (unpaired) electrons. The van der Waals surface area contributed by atoms with Crippen LogP contribution in [0.5, 0.6) is 0 Å². The summed E-state index contributed by atoms with van der Waals surface area (Å²) in [6.07, 6.45) is 6.29. The number of hydrogen-bond acceptors (Lipinski definition) is 4. The highest BCUT2D eigenvalue weighted by molar-refractivity contribution is 5.97. The van der Waals surface area contributed by atoms with Crippen LogP contribution in [-0.4, -0.2) is 53.7 Å². The number of nitrogens with zero attached hydrogens (tertiary/aromatic N) is 3. The summed E-state index contributed by atoms with van der Waals surface area (Å²) in [5.41, 5.74) is 2.07. The first-order valence-corrected chi connectivity index (χ1v) is 9.81. The number of amides is 1. The molecule has 3 heterocycles. The quantitative estimate of drug-likeness (QED) is 0.788. The standard InChI is InChI=1S/C22H27N3O2.ClH/c1-18-21(26)25(20-5-3-2-4-6-20)17-22(27-18)10-15-24(16-11-22)14-9-19-7-12-23-13-8-19;/h2-8,12-13,18H,9-11,14-17H2,1H3;1H. The fraction of sp³-hybridized carbons (Fsp3) is 0.455. The van der Waals surface area contributed by atoms with E-state index < -0.39 is 0 Å². The topological polar surface area (TPSA) is 45.7 Å². The molecule has 1 aromatic heterocycles. The third kappa shape index (κ3) is 4.54. The Kier molecular flexibility index (Phi) is 6.70. The lowest BCUT2D eigenvalue weighted by molar-refractivity contribution is -0.161. The van der Waals surface area contributed by atoms with Crippen molar-refractivity contribution in [3.05, 3.63) is 60.4 Å². The Morgan fingerprint density at radius 3 is 2.46 bits per heavy atom. The molecule has 2 fully saturated rings. The molecule has 4 rings (SSSR count). The van der Waals surface area contributed by atoms with Gasteiger partial charge in [-0.2, -0.15) is 0 Å². The van der Waals surface area contributed by atoms with Gasteiger partial charge in [0.1, 0.15) is 6.10 Å². The largest absolute Gasteiger partial charge is 0.360 e. The van der Waals surface area contributed by atoms with Crippen LogP contribution in [0.4, 0.5) is 5.69 Å². The molecule has 150 valence electrons. The zero-order valence-electron chi connectivity index (χ0n) is 16.3. The molecule has 0 saturated carbocycles. The predicted octanol–water partition coefficient (Wildman–Crippen LogP) is 3.33. The highest BCUT2D eigenvalue weighted by atomic mass is 35.5. The number of benzene rings is 1. The predicted molar refractivity (Wildman–Crippen MR) is 113 cm³/mol. The zero-order chi connectivity index (χ0) is 18.7. The van der Waals surface area contributed by atoms with Gasteiger partial charge in [0.05, 0.1) is 12.1 Å². The van der Waals surface area contributed by atoms with Gasteiger partial charge in [-0.15, -0.1) is 12.4 Å². The lowest BCUT2D eigenvalue weighted by Crippen LogP contribution is -2.61. The van der Waals surface area contributed by atoms with Crippen molar-refractivity contribution in [2.75, 3.05) is 31.1 Å². The van der Waals surface area contributed by atoms with Crippen LogP contribution >= 0.6 is 12.4 Å². The molecule has 0 bridgehead atoms. The normalized spacial score (nSPS) is 22.1. The third-order valence-electron chi connectivity index (χ3n) is 5.79. The first kappa shape index (κ1) is 20.8. The Balaban J connectivity index is 0.00000225. The summed E-state index contributed by atoms with van der Waals surface area (Å²) in [7, 11) is 0. The Morgan fingerprint density at radius 1 is 1.11 bits per heavy atom. The Bertz CT molecular complexity index is 764. The summed E-state index contributed by atoms with van der Waals surface area (Å²) >= 11 is 0. The van der Waals surface area contributed by atoms with Crippen LogP contribution in [0.1, 0.15) is 25.3 Å². The molecule has 1 amide bonds. The Hall–Kier alpha value is -1.95. The van der Waals surface area contributed by atoms with Crippen LogP contribution in [0.3, 0.4) is 0 Å². The second-order valence-electron chi connectivity index (χ2n) is 7.65. The Labute approximate surface area is 173 Å². The van der Waals surface area contributed by atoms with Gasteiger partial charge in [-0.05, 0) is 56.0 Å². The number of likely N-dealkylation sites (tertiary alicyclic amines) is 1. The molecule has 6 heteroatoms. The van der Waals surface area contributed by atoms with Crippen LogP contribution in [0.2, 0.25) is 0 Å². The van der Waals surface area contributed by atoms with E-state index in [1.54, 1.807) is 0 Å². The van der Waals surface area contributed by atoms with E-state index in [1.807, 2.05) is 54.5 Å². The van der Waals surface area contributed by atoms with E-state index in [2.05, 4.69) is 22.0 Å². The average Bonchev–Trinajstić information content (AvgIpc) is 2.72. The van der Waals surface area contributed by atoms with Gasteiger partial charge in [-0.3, -0.25) is 9.78 Å². The molecular formula is C22H28ClN3O2. The fourth-order valence-corrected chi connectivity index (χ4v) is 4.17. The molecule has 5 nitrogen and oxygen atoms in total. The number of hydrogen-bond donors (Lipinski definition) is 0. The molecule has 2 aliphatic rings. The second kappa shape index (κ2) is 9.03. The van der Waals surface area contributed by atoms with E-state index >= 15 is 0 Å². The molecule has 0 aliphatic carbocycles. The summed E-state index contributed by atoms with van der Waals surface area (Å²) in [5.74, 6) is 0.0620. The van der Waals surface area contributed by atoms with Gasteiger partial charge < -0.3 is 14.5 Å². The van der Waals surface area contributed by atoms with Crippen LogP contribution in [0, 0.1) is 0 Å². The lowest BCUT2D eigenvalue weighted by atomic mass is 9.88. The highest BCUT2D eigenvalue weighted by Gasteiger charge is 2.45. The molecule has 1 unspecified atom stereocenters. The number of piperidine rings is 1. The molecule has 1 spiro atoms. The summed E-state index contributed by atoms with van der Waals surface area (Å²) < 4.78 is 6.26. The van der Waals surface area contributed by atoms with Gasteiger partial charge in [0.2, 0.25) is 0 Å². The lowest BCUT2D eigenvalue weighted by Gasteiger charge is -2.49. The van der Waals surface area contributed by atoms with Gasteiger partial charge >= 0.3 is 0 Å². The minimum atomic E-state index is -0.387. The SMILES string of the molecule is CC1OC2(CCN(CCc3ccncc3)CC2)CN(c2ccccc2)C1=O.Cl. The summed E-state index contributed by atoms with van der Waals surface area (Å²) in [5, 5.41) is 0. The van der Waals surface area contributed by atoms with Gasteiger partial charge in [0, 0.05) is 37.7 Å². The van der Waals surface area contributed by atoms with Crippen molar-refractivity contribution in [2.45, 2.75) is 37.9 Å². The number of para-hydroxylation sites is 1.